The van der Waals surface area contributed by atoms with Crippen molar-refractivity contribution in [3.05, 3.63) is 35.3 Å². The zero-order valence-electron chi connectivity index (χ0n) is 17.0. The topological polar surface area (TPSA) is 91.4 Å². The number of rotatable bonds is 7. The lowest BCUT2D eigenvalue weighted by Gasteiger charge is -2.19. The van der Waals surface area contributed by atoms with Crippen molar-refractivity contribution in [1.29, 1.82) is 0 Å². The minimum Gasteiger partial charge on any atom is -0.342 e. The van der Waals surface area contributed by atoms with Gasteiger partial charge in [0.1, 0.15) is 0 Å². The van der Waals surface area contributed by atoms with E-state index in [-0.39, 0.29) is 23.5 Å². The predicted molar refractivity (Wildman–Crippen MR) is 121 cm³/mol. The maximum atomic E-state index is 12.5. The lowest BCUT2D eigenvalue weighted by atomic mass is 10.2. The van der Waals surface area contributed by atoms with Crippen molar-refractivity contribution >= 4 is 52.2 Å². The zero-order valence-corrected chi connectivity index (χ0v) is 18.6. The number of benzene rings is 1. The molecule has 0 bridgehead atoms. The van der Waals surface area contributed by atoms with Crippen LogP contribution in [0.4, 0.5) is 11.4 Å². The number of nitrogens with zero attached hydrogens (tertiary/aromatic N) is 2. The largest absolute Gasteiger partial charge is 0.342 e. The molecule has 3 rings (SSSR count). The van der Waals surface area contributed by atoms with Gasteiger partial charge in [-0.2, -0.15) is 0 Å². The van der Waals surface area contributed by atoms with Gasteiger partial charge in [-0.25, -0.2) is 4.98 Å². The third-order valence-corrected chi connectivity index (χ3v) is 6.69. The maximum absolute atomic E-state index is 12.5. The highest BCUT2D eigenvalue weighted by molar-refractivity contribution is 8.01. The molecule has 2 N–H and O–H groups in total. The summed E-state index contributed by atoms with van der Waals surface area (Å²) in [6, 6.07) is 7.00. The van der Waals surface area contributed by atoms with Crippen LogP contribution >= 0.6 is 23.1 Å². The summed E-state index contributed by atoms with van der Waals surface area (Å²) < 4.78 is 0.774. The van der Waals surface area contributed by atoms with Crippen LogP contribution in [-0.4, -0.2) is 46.4 Å². The van der Waals surface area contributed by atoms with E-state index in [1.165, 1.54) is 42.9 Å². The van der Waals surface area contributed by atoms with Gasteiger partial charge >= 0.3 is 0 Å². The fraction of sp³-hybridized carbons (Fsp3) is 0.429. The number of anilines is 2. The fourth-order valence-corrected chi connectivity index (χ4v) is 4.87. The Hall–Kier alpha value is -2.39. The molecule has 0 unspecified atom stereocenters. The van der Waals surface area contributed by atoms with Crippen LogP contribution in [0.5, 0.6) is 0 Å². The first-order chi connectivity index (χ1) is 14.5. The van der Waals surface area contributed by atoms with E-state index in [0.29, 0.717) is 17.8 Å². The summed E-state index contributed by atoms with van der Waals surface area (Å²) in [5.41, 5.74) is 2.02. The normalized spacial score (nSPS) is 14.1. The molecule has 0 saturated carbocycles. The van der Waals surface area contributed by atoms with Gasteiger partial charge in [0.05, 0.1) is 17.9 Å². The predicted octanol–water partition coefficient (Wildman–Crippen LogP) is 3.78. The van der Waals surface area contributed by atoms with Crippen molar-refractivity contribution in [3.8, 4) is 0 Å². The first-order valence-electron chi connectivity index (χ1n) is 10.0. The van der Waals surface area contributed by atoms with E-state index in [9.17, 15) is 14.4 Å². The van der Waals surface area contributed by atoms with E-state index in [0.717, 1.165) is 36.0 Å². The standard InChI is InChI=1S/C21H26N4O3S2/c1-15(26)22-16-7-6-8-17(11-16)23-19(27)14-30-21-24-18(13-29-21)12-20(28)25-9-4-2-3-5-10-25/h6-8,11,13H,2-5,9-10,12,14H2,1H3,(H,22,26)(H,23,27). The third-order valence-electron chi connectivity index (χ3n) is 4.62. The SMILES string of the molecule is CC(=O)Nc1cccc(NC(=O)CSc2nc(CC(=O)N3CCCCCC3)cs2)c1. The molecule has 1 aliphatic rings. The number of carbonyl (C=O) groups is 3. The van der Waals surface area contributed by atoms with Crippen LogP contribution in [0.15, 0.2) is 34.0 Å². The van der Waals surface area contributed by atoms with E-state index in [1.807, 2.05) is 10.3 Å². The summed E-state index contributed by atoms with van der Waals surface area (Å²) in [4.78, 5) is 42.3. The molecule has 0 aliphatic carbocycles. The number of hydrogen-bond donors (Lipinski definition) is 2. The summed E-state index contributed by atoms with van der Waals surface area (Å²) in [6.45, 7) is 3.12. The summed E-state index contributed by atoms with van der Waals surface area (Å²) in [5, 5.41) is 7.40. The van der Waals surface area contributed by atoms with Gasteiger partial charge in [0.25, 0.3) is 0 Å². The molecule has 1 aromatic carbocycles. The monoisotopic (exact) mass is 446 g/mol. The highest BCUT2D eigenvalue weighted by atomic mass is 32.2. The summed E-state index contributed by atoms with van der Waals surface area (Å²) >= 11 is 2.80. The highest BCUT2D eigenvalue weighted by Gasteiger charge is 2.17. The Morgan fingerprint density at radius 2 is 1.80 bits per heavy atom. The Kier molecular flexibility index (Phi) is 8.27. The molecule has 9 heteroatoms. The first kappa shape index (κ1) is 22.3. The van der Waals surface area contributed by atoms with Crippen LogP contribution in [0.2, 0.25) is 0 Å². The molecule has 1 aliphatic heterocycles. The second-order valence-electron chi connectivity index (χ2n) is 7.18. The van der Waals surface area contributed by atoms with Crippen LogP contribution in [0.25, 0.3) is 0 Å². The average molecular weight is 447 g/mol. The quantitative estimate of drug-likeness (QED) is 0.632. The third kappa shape index (κ3) is 7.14. The fourth-order valence-electron chi connectivity index (χ4n) is 3.23. The average Bonchev–Trinajstić information content (AvgIpc) is 2.96. The van der Waals surface area contributed by atoms with Crippen LogP contribution in [-0.2, 0) is 20.8 Å². The van der Waals surface area contributed by atoms with Crippen molar-refractivity contribution in [1.82, 2.24) is 9.88 Å². The van der Waals surface area contributed by atoms with Gasteiger partial charge < -0.3 is 15.5 Å². The van der Waals surface area contributed by atoms with Crippen LogP contribution in [0.1, 0.15) is 38.3 Å². The number of aromatic nitrogens is 1. The number of carbonyl (C=O) groups excluding carboxylic acids is 3. The minimum atomic E-state index is -0.164. The Bertz CT molecular complexity index is 892. The number of likely N-dealkylation sites (tertiary alicyclic amines) is 1. The molecular weight excluding hydrogens is 420 g/mol. The molecule has 1 fully saturated rings. The lowest BCUT2D eigenvalue weighted by Crippen LogP contribution is -2.33. The van der Waals surface area contributed by atoms with E-state index in [4.69, 9.17) is 0 Å². The van der Waals surface area contributed by atoms with Gasteiger partial charge in [0.15, 0.2) is 4.34 Å². The van der Waals surface area contributed by atoms with Crippen LogP contribution in [0, 0.1) is 0 Å². The van der Waals surface area contributed by atoms with Crippen molar-refractivity contribution in [2.45, 2.75) is 43.4 Å². The van der Waals surface area contributed by atoms with Gasteiger partial charge in [-0.05, 0) is 31.0 Å². The maximum Gasteiger partial charge on any atom is 0.234 e. The number of thioether (sulfide) groups is 1. The van der Waals surface area contributed by atoms with Gasteiger partial charge in [-0.3, -0.25) is 14.4 Å². The number of thiazole rings is 1. The van der Waals surface area contributed by atoms with Crippen molar-refractivity contribution in [2.24, 2.45) is 0 Å². The zero-order chi connectivity index (χ0) is 21.3. The van der Waals surface area contributed by atoms with Crippen LogP contribution in [0.3, 0.4) is 0 Å². The van der Waals surface area contributed by atoms with E-state index >= 15 is 0 Å². The highest BCUT2D eigenvalue weighted by Crippen LogP contribution is 2.24. The molecule has 7 nitrogen and oxygen atoms in total. The molecule has 1 saturated heterocycles. The minimum absolute atomic E-state index is 0.135. The first-order valence-corrected chi connectivity index (χ1v) is 11.9. The Labute approximate surface area is 184 Å². The van der Waals surface area contributed by atoms with Crippen LogP contribution < -0.4 is 10.6 Å². The molecule has 160 valence electrons. The summed E-state index contributed by atoms with van der Waals surface area (Å²) in [5.74, 6) is 0.0352. The van der Waals surface area contributed by atoms with Gasteiger partial charge in [-0.15, -0.1) is 11.3 Å². The second kappa shape index (κ2) is 11.1. The van der Waals surface area contributed by atoms with E-state index < -0.39 is 0 Å². The Balaban J connectivity index is 1.46. The van der Waals surface area contributed by atoms with Gasteiger partial charge in [0, 0.05) is 36.8 Å². The molecule has 0 atom stereocenters. The molecular formula is C21H26N4O3S2. The molecule has 30 heavy (non-hydrogen) atoms. The second-order valence-corrected chi connectivity index (χ2v) is 9.26. The van der Waals surface area contributed by atoms with Gasteiger partial charge in [0.2, 0.25) is 17.7 Å². The molecule has 3 amide bonds. The van der Waals surface area contributed by atoms with E-state index in [2.05, 4.69) is 15.6 Å². The summed E-state index contributed by atoms with van der Waals surface area (Å²) in [6.07, 6.45) is 4.86. The molecule has 1 aromatic heterocycles. The molecule has 2 heterocycles. The molecule has 0 spiro atoms. The van der Waals surface area contributed by atoms with Crippen molar-refractivity contribution < 1.29 is 14.4 Å². The Morgan fingerprint density at radius 3 is 2.50 bits per heavy atom. The van der Waals surface area contributed by atoms with Crippen molar-refractivity contribution in [2.75, 3.05) is 29.5 Å². The van der Waals surface area contributed by atoms with Crippen molar-refractivity contribution in [3.63, 3.8) is 0 Å². The lowest BCUT2D eigenvalue weighted by molar-refractivity contribution is -0.130. The van der Waals surface area contributed by atoms with Gasteiger partial charge in [-0.1, -0.05) is 30.7 Å². The Morgan fingerprint density at radius 1 is 1.10 bits per heavy atom. The number of amides is 3. The molecule has 2 aromatic rings. The number of hydrogen-bond acceptors (Lipinski definition) is 6. The number of nitrogens with one attached hydrogen (secondary N) is 2. The summed E-state index contributed by atoms with van der Waals surface area (Å²) in [7, 11) is 0. The molecule has 0 radical (unpaired) electrons. The van der Waals surface area contributed by atoms with E-state index in [1.54, 1.807) is 24.3 Å². The smallest absolute Gasteiger partial charge is 0.234 e.